The van der Waals surface area contributed by atoms with Crippen LogP contribution in [0.1, 0.15) is 47.4 Å². The lowest BCUT2D eigenvalue weighted by atomic mass is 9.95. The van der Waals surface area contributed by atoms with E-state index in [4.69, 9.17) is 0 Å². The van der Waals surface area contributed by atoms with E-state index in [1.807, 2.05) is 65.0 Å². The second-order valence-corrected chi connectivity index (χ2v) is 9.22. The first kappa shape index (κ1) is 20.9. The smallest absolute Gasteiger partial charge is 0.257 e. The van der Waals surface area contributed by atoms with Gasteiger partial charge in [0.05, 0.1) is 12.1 Å². The SMILES string of the molecule is Cc1cc(C(=O)Nc2cccc(NC(=O)C(C)(C)C)c2)c(C)n1Cc1cccs1. The number of hydrogen-bond acceptors (Lipinski definition) is 3. The molecule has 0 bridgehead atoms. The first-order chi connectivity index (χ1) is 13.6. The summed E-state index contributed by atoms with van der Waals surface area (Å²) < 4.78 is 2.15. The molecule has 6 heteroatoms. The zero-order valence-electron chi connectivity index (χ0n) is 17.5. The molecule has 0 saturated heterocycles. The minimum absolute atomic E-state index is 0.0712. The van der Waals surface area contributed by atoms with E-state index in [0.717, 1.165) is 17.9 Å². The summed E-state index contributed by atoms with van der Waals surface area (Å²) in [6.45, 7) is 10.3. The number of hydrogen-bond donors (Lipinski definition) is 2. The van der Waals surface area contributed by atoms with Gasteiger partial charge in [-0.2, -0.15) is 0 Å². The van der Waals surface area contributed by atoms with Crippen LogP contribution in [-0.2, 0) is 11.3 Å². The number of rotatable bonds is 5. The van der Waals surface area contributed by atoms with E-state index >= 15 is 0 Å². The number of anilines is 2. The lowest BCUT2D eigenvalue weighted by Crippen LogP contribution is -2.27. The lowest BCUT2D eigenvalue weighted by Gasteiger charge is -2.18. The summed E-state index contributed by atoms with van der Waals surface area (Å²) in [7, 11) is 0. The number of aromatic nitrogens is 1. The minimum atomic E-state index is -0.487. The van der Waals surface area contributed by atoms with E-state index < -0.39 is 5.41 Å². The third-order valence-corrected chi connectivity index (χ3v) is 5.63. The van der Waals surface area contributed by atoms with Gasteiger partial charge >= 0.3 is 0 Å². The Morgan fingerprint density at radius 1 is 1.00 bits per heavy atom. The normalized spacial score (nSPS) is 11.3. The Kier molecular flexibility index (Phi) is 5.94. The Labute approximate surface area is 175 Å². The Morgan fingerprint density at radius 2 is 1.69 bits per heavy atom. The molecule has 0 spiro atoms. The van der Waals surface area contributed by atoms with E-state index in [9.17, 15) is 9.59 Å². The molecule has 3 aromatic rings. The van der Waals surface area contributed by atoms with E-state index in [1.54, 1.807) is 17.4 Å². The molecule has 3 rings (SSSR count). The Hall–Kier alpha value is -2.86. The summed E-state index contributed by atoms with van der Waals surface area (Å²) in [5, 5.41) is 7.90. The fourth-order valence-corrected chi connectivity index (χ4v) is 3.72. The van der Waals surface area contributed by atoms with E-state index in [1.165, 1.54) is 4.88 Å². The van der Waals surface area contributed by atoms with Crippen LogP contribution in [0, 0.1) is 19.3 Å². The van der Waals surface area contributed by atoms with E-state index in [2.05, 4.69) is 26.6 Å². The van der Waals surface area contributed by atoms with Crippen molar-refractivity contribution in [3.8, 4) is 0 Å². The van der Waals surface area contributed by atoms with Crippen molar-refractivity contribution in [3.63, 3.8) is 0 Å². The Balaban J connectivity index is 1.75. The van der Waals surface area contributed by atoms with Gasteiger partial charge in [0, 0.05) is 33.1 Å². The third kappa shape index (κ3) is 4.95. The van der Waals surface area contributed by atoms with Gasteiger partial charge in [0.25, 0.3) is 5.91 Å². The number of aryl methyl sites for hydroxylation is 1. The van der Waals surface area contributed by atoms with Crippen LogP contribution >= 0.6 is 11.3 Å². The van der Waals surface area contributed by atoms with Crippen molar-refractivity contribution in [3.05, 3.63) is 69.7 Å². The lowest BCUT2D eigenvalue weighted by molar-refractivity contribution is -0.123. The zero-order valence-corrected chi connectivity index (χ0v) is 18.3. The van der Waals surface area contributed by atoms with Crippen molar-refractivity contribution in [2.24, 2.45) is 5.41 Å². The van der Waals surface area contributed by atoms with Gasteiger partial charge in [0.15, 0.2) is 0 Å². The number of thiophene rings is 1. The van der Waals surface area contributed by atoms with Gasteiger partial charge < -0.3 is 15.2 Å². The molecule has 0 aliphatic carbocycles. The van der Waals surface area contributed by atoms with E-state index in [-0.39, 0.29) is 11.8 Å². The molecule has 5 nitrogen and oxygen atoms in total. The standard InChI is InChI=1S/C23H27N3O2S/c1-15-12-20(16(2)26(15)14-19-10-7-11-29-19)21(27)24-17-8-6-9-18(13-17)25-22(28)23(3,4)5/h6-13H,14H2,1-5H3,(H,24,27)(H,25,28). The molecular formula is C23H27N3O2S. The van der Waals surface area contributed by atoms with Crippen molar-refractivity contribution in [2.45, 2.75) is 41.2 Å². The highest BCUT2D eigenvalue weighted by Crippen LogP contribution is 2.23. The molecule has 0 aliphatic rings. The topological polar surface area (TPSA) is 63.1 Å². The van der Waals surface area contributed by atoms with Crippen molar-refractivity contribution in [2.75, 3.05) is 10.6 Å². The molecule has 2 amide bonds. The van der Waals surface area contributed by atoms with Gasteiger partial charge in [-0.05, 0) is 49.6 Å². The predicted molar refractivity (Wildman–Crippen MR) is 120 cm³/mol. The van der Waals surface area contributed by atoms with Gasteiger partial charge in [-0.15, -0.1) is 11.3 Å². The number of nitrogens with one attached hydrogen (secondary N) is 2. The second kappa shape index (κ2) is 8.25. The fraction of sp³-hybridized carbons (Fsp3) is 0.304. The van der Waals surface area contributed by atoms with Crippen molar-refractivity contribution >= 4 is 34.5 Å². The molecule has 0 fully saturated rings. The highest BCUT2D eigenvalue weighted by Gasteiger charge is 2.21. The van der Waals surface area contributed by atoms with Crippen LogP contribution in [0.25, 0.3) is 0 Å². The molecule has 0 radical (unpaired) electrons. The monoisotopic (exact) mass is 409 g/mol. The van der Waals surface area contributed by atoms with Crippen molar-refractivity contribution in [1.82, 2.24) is 4.57 Å². The van der Waals surface area contributed by atoms with Crippen LogP contribution < -0.4 is 10.6 Å². The molecule has 2 heterocycles. The summed E-state index contributed by atoms with van der Waals surface area (Å²) in [5.74, 6) is -0.229. The molecule has 0 aliphatic heterocycles. The van der Waals surface area contributed by atoms with Crippen LogP contribution in [0.15, 0.2) is 47.8 Å². The summed E-state index contributed by atoms with van der Waals surface area (Å²) in [6.07, 6.45) is 0. The van der Waals surface area contributed by atoms with Gasteiger partial charge in [-0.25, -0.2) is 0 Å². The van der Waals surface area contributed by atoms with Gasteiger partial charge in [0.2, 0.25) is 5.91 Å². The molecular weight excluding hydrogens is 382 g/mol. The molecule has 29 heavy (non-hydrogen) atoms. The van der Waals surface area contributed by atoms with Crippen LogP contribution in [0.3, 0.4) is 0 Å². The first-order valence-electron chi connectivity index (χ1n) is 9.57. The molecule has 1 aromatic carbocycles. The van der Waals surface area contributed by atoms with Crippen molar-refractivity contribution < 1.29 is 9.59 Å². The number of carbonyl (C=O) groups excluding carboxylic acids is 2. The van der Waals surface area contributed by atoms with E-state index in [0.29, 0.717) is 16.9 Å². The first-order valence-corrected chi connectivity index (χ1v) is 10.4. The molecule has 0 unspecified atom stereocenters. The quantitative estimate of drug-likeness (QED) is 0.588. The Bertz CT molecular complexity index is 1030. The fourth-order valence-electron chi connectivity index (χ4n) is 3.02. The Morgan fingerprint density at radius 3 is 2.31 bits per heavy atom. The highest BCUT2D eigenvalue weighted by molar-refractivity contribution is 7.09. The van der Waals surface area contributed by atoms with Gasteiger partial charge in [-0.3, -0.25) is 9.59 Å². The number of amides is 2. The summed E-state index contributed by atoms with van der Waals surface area (Å²) in [4.78, 5) is 26.3. The van der Waals surface area contributed by atoms with Crippen LogP contribution in [0.5, 0.6) is 0 Å². The highest BCUT2D eigenvalue weighted by atomic mass is 32.1. The summed E-state index contributed by atoms with van der Waals surface area (Å²) in [6, 6.07) is 13.3. The maximum atomic E-state index is 12.9. The molecule has 2 N–H and O–H groups in total. The largest absolute Gasteiger partial charge is 0.343 e. The maximum absolute atomic E-state index is 12.9. The van der Waals surface area contributed by atoms with Crippen LogP contribution in [-0.4, -0.2) is 16.4 Å². The number of benzene rings is 1. The zero-order chi connectivity index (χ0) is 21.2. The van der Waals surface area contributed by atoms with Gasteiger partial charge in [-0.1, -0.05) is 32.9 Å². The average Bonchev–Trinajstić information content (AvgIpc) is 3.25. The molecule has 2 aromatic heterocycles. The van der Waals surface area contributed by atoms with Gasteiger partial charge in [0.1, 0.15) is 0 Å². The molecule has 152 valence electrons. The summed E-state index contributed by atoms with van der Waals surface area (Å²) >= 11 is 1.71. The number of nitrogens with zero attached hydrogens (tertiary/aromatic N) is 1. The third-order valence-electron chi connectivity index (χ3n) is 4.77. The van der Waals surface area contributed by atoms with Crippen LogP contribution in [0.4, 0.5) is 11.4 Å². The maximum Gasteiger partial charge on any atom is 0.257 e. The van der Waals surface area contributed by atoms with Crippen LogP contribution in [0.2, 0.25) is 0 Å². The summed E-state index contributed by atoms with van der Waals surface area (Å²) in [5.41, 5.74) is 3.45. The molecule has 0 atom stereocenters. The minimum Gasteiger partial charge on any atom is -0.343 e. The predicted octanol–water partition coefficient (Wildman–Crippen LogP) is 5.45. The average molecular weight is 410 g/mol. The molecule has 0 saturated carbocycles. The number of carbonyl (C=O) groups is 2. The second-order valence-electron chi connectivity index (χ2n) is 8.19. The van der Waals surface area contributed by atoms with Crippen molar-refractivity contribution in [1.29, 1.82) is 0 Å².